The Morgan fingerprint density at radius 1 is 0.422 bits per heavy atom. The molecule has 0 saturated heterocycles. The van der Waals surface area contributed by atoms with Gasteiger partial charge in [0.25, 0.3) is 14.1 Å². The van der Waals surface area contributed by atoms with Crippen LogP contribution in [0.2, 0.25) is 0 Å². The molecule has 45 heavy (non-hydrogen) atoms. The Morgan fingerprint density at radius 2 is 0.800 bits per heavy atom. The molecule has 3 unspecified atom stereocenters. The highest BCUT2D eigenvalue weighted by molar-refractivity contribution is 7.42. The van der Waals surface area contributed by atoms with Crippen LogP contribution < -0.4 is 18.9 Å². The number of benzene rings is 4. The van der Waals surface area contributed by atoms with E-state index in [9.17, 15) is 0 Å². The molecular formula is C35H37O7S3+3. The van der Waals surface area contributed by atoms with Crippen LogP contribution in [0.4, 0.5) is 0 Å². The third-order valence-electron chi connectivity index (χ3n) is 9.11. The van der Waals surface area contributed by atoms with Crippen molar-refractivity contribution in [3.05, 3.63) is 46.5 Å². The van der Waals surface area contributed by atoms with Crippen molar-refractivity contribution in [1.82, 2.24) is 0 Å². The molecule has 3 atom stereocenters. The largest absolute Gasteiger partial charge is 0.496 e. The zero-order chi connectivity index (χ0) is 32.1. The maximum absolute atomic E-state index is 7.03. The maximum atomic E-state index is 7.03. The molecule has 7 rings (SSSR count). The first-order chi connectivity index (χ1) is 21.6. The number of methoxy groups -OCH3 is 4. The van der Waals surface area contributed by atoms with Crippen LogP contribution in [0.15, 0.2) is 37.5 Å². The lowest BCUT2D eigenvalue weighted by Gasteiger charge is -2.12. The van der Waals surface area contributed by atoms with Gasteiger partial charge in [0, 0.05) is 60.7 Å². The number of ether oxygens (including phenoxy) is 4. The molecular weight excluding hydrogens is 629 g/mol. The molecule has 0 aliphatic carbocycles. The lowest BCUT2D eigenvalue weighted by atomic mass is 10.1. The summed E-state index contributed by atoms with van der Waals surface area (Å²) in [5, 5.41) is 0. The average molecular weight is 666 g/mol. The van der Waals surface area contributed by atoms with E-state index in [1.165, 1.54) is 0 Å². The summed E-state index contributed by atoms with van der Waals surface area (Å²) in [5.41, 5.74) is 8.76. The van der Waals surface area contributed by atoms with Gasteiger partial charge in [0.1, 0.15) is 24.5 Å². The van der Waals surface area contributed by atoms with E-state index in [0.717, 1.165) is 90.2 Å². The van der Waals surface area contributed by atoms with Crippen molar-refractivity contribution < 1.29 is 32.2 Å². The van der Waals surface area contributed by atoms with Gasteiger partial charge in [-0.05, 0) is 44.9 Å². The molecule has 234 valence electrons. The molecule has 0 spiro atoms. The average Bonchev–Trinajstić information content (AvgIpc) is 3.04. The minimum Gasteiger partial charge on any atom is -0.496 e. The van der Waals surface area contributed by atoms with Gasteiger partial charge in [-0.2, -0.15) is 0 Å². The molecule has 0 aliphatic rings. The van der Waals surface area contributed by atoms with E-state index in [4.69, 9.17) is 32.2 Å². The molecule has 0 radical (unpaired) electrons. The number of hydrogen-bond acceptors (Lipinski definition) is 7. The lowest BCUT2D eigenvalue weighted by molar-refractivity contribution is 0.411. The van der Waals surface area contributed by atoms with Crippen LogP contribution >= 0.6 is 31.4 Å². The third-order valence-corrected chi connectivity index (χ3v) is 15.0. The standard InChI is InChI=1S/C35H37O7S3/c1-16-12-21(37-6)33-28(17(16)2)41-29-25(44(33)10)14-23(39-8)35-32(29)42-30-26(45(35)11)15-22(38-7)34-31(30)40-27-19(4)18(3)20(36-5)13-24(27)43(34)9/h12-15H,1-11H3/q+3. The molecule has 0 fully saturated rings. The van der Waals surface area contributed by atoms with Gasteiger partial charge in [0.2, 0.25) is 36.4 Å². The molecule has 0 amide bonds. The van der Waals surface area contributed by atoms with Crippen LogP contribution in [0.3, 0.4) is 0 Å². The number of hydrogen-bond donors (Lipinski definition) is 0. The van der Waals surface area contributed by atoms with Gasteiger partial charge >= 0.3 is 0 Å². The van der Waals surface area contributed by atoms with Gasteiger partial charge in [0.15, 0.2) is 28.4 Å². The van der Waals surface area contributed by atoms with Crippen LogP contribution in [-0.4, -0.2) is 28.4 Å². The van der Waals surface area contributed by atoms with Gasteiger partial charge in [-0.3, -0.25) is 0 Å². The predicted octanol–water partition coefficient (Wildman–Crippen LogP) is 11.2. The monoisotopic (exact) mass is 665 g/mol. The number of aryl methyl sites for hydroxylation is 6. The molecule has 3 aromatic heterocycles. The Balaban J connectivity index is 1.75. The number of fused-ring (bicyclic) bond motifs is 8. The Morgan fingerprint density at radius 3 is 1.29 bits per heavy atom. The first kappa shape index (κ1) is 29.8. The van der Waals surface area contributed by atoms with Crippen LogP contribution in [-0.2, 0) is 18.8 Å². The fourth-order valence-electron chi connectivity index (χ4n) is 6.30. The molecule has 0 saturated carbocycles. The summed E-state index contributed by atoms with van der Waals surface area (Å²) in [5.74, 6) is 3.22. The molecule has 4 aromatic carbocycles. The van der Waals surface area contributed by atoms with Crippen molar-refractivity contribution >= 4 is 93.1 Å². The lowest BCUT2D eigenvalue weighted by Crippen LogP contribution is -1.95. The fraction of sp³-hybridized carbons (Fsp3) is 0.314. The van der Waals surface area contributed by atoms with Crippen LogP contribution in [0.1, 0.15) is 22.3 Å². The summed E-state index contributed by atoms with van der Waals surface area (Å²) in [6, 6.07) is 8.40. The van der Waals surface area contributed by atoms with Gasteiger partial charge in [-0.15, -0.1) is 0 Å². The first-order valence-corrected chi connectivity index (χ1v) is 19.3. The van der Waals surface area contributed by atoms with E-state index in [0.29, 0.717) is 16.7 Å². The van der Waals surface area contributed by atoms with Gasteiger partial charge in [-0.1, -0.05) is 0 Å². The zero-order valence-corrected chi connectivity index (χ0v) is 29.8. The molecule has 0 aliphatic heterocycles. The second-order valence-corrected chi connectivity index (χ2v) is 16.9. The van der Waals surface area contributed by atoms with Crippen molar-refractivity contribution in [1.29, 1.82) is 0 Å². The number of rotatable bonds is 4. The Bertz CT molecular complexity index is 2460. The summed E-state index contributed by atoms with van der Waals surface area (Å²) < 4.78 is 50.5. The molecule has 0 bridgehead atoms. The summed E-state index contributed by atoms with van der Waals surface area (Å²) >= 11 is 0. The molecule has 10 heteroatoms. The third kappa shape index (κ3) is 4.05. The highest BCUT2D eigenvalue weighted by Crippen LogP contribution is 2.54. The van der Waals surface area contributed by atoms with Crippen molar-refractivity contribution in [2.75, 3.05) is 28.4 Å². The van der Waals surface area contributed by atoms with Gasteiger partial charge in [-0.25, -0.2) is 0 Å². The molecule has 3 heterocycles. The molecule has 7 nitrogen and oxygen atoms in total. The Hall–Kier alpha value is -3.86. The quantitative estimate of drug-likeness (QED) is 0.105. The van der Waals surface area contributed by atoms with Crippen molar-refractivity contribution in [2.24, 2.45) is 18.8 Å². The molecule has 0 N–H and O–H groups in total. The fourth-order valence-corrected chi connectivity index (χ4v) is 11.7. The SMILES string of the molecule is COc1cc2c(oc3c4oc5c6oc7c(C)c(C)cc(OC)c7[s+](C)c6cc(OC)c5[s+](C)c4cc(OC)c3[s+]2C)c(C)c1C. The summed E-state index contributed by atoms with van der Waals surface area (Å²) in [7, 11) is 5.64. The van der Waals surface area contributed by atoms with E-state index in [1.54, 1.807) is 28.4 Å². The highest BCUT2D eigenvalue weighted by Gasteiger charge is 2.34. The van der Waals surface area contributed by atoms with E-state index >= 15 is 0 Å². The minimum atomic E-state index is -0.457. The second kappa shape index (κ2) is 10.6. The normalized spacial score (nSPS) is 13.1. The van der Waals surface area contributed by atoms with Crippen LogP contribution in [0.25, 0.3) is 61.7 Å². The Labute approximate surface area is 268 Å². The van der Waals surface area contributed by atoms with Gasteiger partial charge in [0.05, 0.1) is 28.4 Å². The Kier molecular flexibility index (Phi) is 7.03. The van der Waals surface area contributed by atoms with Crippen molar-refractivity contribution in [2.45, 2.75) is 27.7 Å². The van der Waals surface area contributed by atoms with E-state index in [1.807, 2.05) is 0 Å². The molecule has 7 aromatic rings. The second-order valence-electron chi connectivity index (χ2n) is 11.3. The van der Waals surface area contributed by atoms with Crippen molar-refractivity contribution in [3.8, 4) is 23.0 Å². The summed E-state index contributed by atoms with van der Waals surface area (Å²) in [4.78, 5) is 0. The predicted molar refractivity (Wildman–Crippen MR) is 190 cm³/mol. The van der Waals surface area contributed by atoms with E-state index < -0.39 is 10.5 Å². The van der Waals surface area contributed by atoms with Crippen molar-refractivity contribution in [3.63, 3.8) is 0 Å². The highest BCUT2D eigenvalue weighted by atomic mass is 32.2. The first-order valence-electron chi connectivity index (χ1n) is 14.4. The minimum absolute atomic E-state index is 0.369. The van der Waals surface area contributed by atoms with Crippen LogP contribution in [0.5, 0.6) is 23.0 Å². The van der Waals surface area contributed by atoms with Crippen LogP contribution in [0, 0.1) is 27.7 Å². The smallest absolute Gasteiger partial charge is 0.262 e. The topological polar surface area (TPSA) is 76.3 Å². The van der Waals surface area contributed by atoms with E-state index in [-0.39, 0.29) is 20.9 Å². The maximum Gasteiger partial charge on any atom is 0.262 e. The van der Waals surface area contributed by atoms with Gasteiger partial charge < -0.3 is 32.2 Å². The van der Waals surface area contributed by atoms with E-state index in [2.05, 4.69) is 70.7 Å². The summed E-state index contributed by atoms with van der Waals surface area (Å²) in [6.45, 7) is 8.33. The zero-order valence-electron chi connectivity index (χ0n) is 27.4. The summed E-state index contributed by atoms with van der Waals surface area (Å²) in [6.07, 6.45) is 6.61.